The molecule has 0 bridgehead atoms. The van der Waals surface area contributed by atoms with Crippen LogP contribution in [0.25, 0.3) is 16.5 Å². The zero-order valence-electron chi connectivity index (χ0n) is 11.9. The first kappa shape index (κ1) is 15.3. The lowest BCUT2D eigenvalue weighted by molar-refractivity contribution is 0.625. The van der Waals surface area contributed by atoms with Gasteiger partial charge in [-0.25, -0.2) is 0 Å². The summed E-state index contributed by atoms with van der Waals surface area (Å²) in [6.07, 6.45) is 5.56. The van der Waals surface area contributed by atoms with Crippen molar-refractivity contribution in [1.82, 2.24) is 5.32 Å². The van der Waals surface area contributed by atoms with E-state index < -0.39 is 0 Å². The molecule has 0 amide bonds. The van der Waals surface area contributed by atoms with Gasteiger partial charge in [-0.1, -0.05) is 36.7 Å². The molecule has 1 nitrogen and oxygen atoms in total. The molecule has 2 aromatic rings. The Bertz CT molecular complexity index is 574. The van der Waals surface area contributed by atoms with Gasteiger partial charge in [0.15, 0.2) is 0 Å². The van der Waals surface area contributed by atoms with Gasteiger partial charge in [0.2, 0.25) is 0 Å². The average molecular weight is 306 g/mol. The fraction of sp³-hybridized carbons (Fsp3) is 0.294. The summed E-state index contributed by atoms with van der Waals surface area (Å²) in [5.41, 5.74) is 1.18. The third-order valence-electron chi connectivity index (χ3n) is 3.00. The molecular formula is C17H20ClNS. The number of rotatable bonds is 6. The molecule has 3 heteroatoms. The topological polar surface area (TPSA) is 12.0 Å². The lowest BCUT2D eigenvalue weighted by Gasteiger charge is -2.06. The van der Waals surface area contributed by atoms with Crippen LogP contribution in [0.5, 0.6) is 0 Å². The molecule has 0 saturated carbocycles. The van der Waals surface area contributed by atoms with Gasteiger partial charge in [-0.15, -0.1) is 11.3 Å². The van der Waals surface area contributed by atoms with Crippen molar-refractivity contribution in [3.8, 4) is 10.4 Å². The minimum atomic E-state index is 0.409. The molecule has 1 atom stereocenters. The van der Waals surface area contributed by atoms with Gasteiger partial charge in [0, 0.05) is 20.8 Å². The van der Waals surface area contributed by atoms with E-state index >= 15 is 0 Å². The third kappa shape index (κ3) is 4.48. The van der Waals surface area contributed by atoms with Crippen LogP contribution < -0.4 is 5.32 Å². The zero-order valence-corrected chi connectivity index (χ0v) is 13.5. The highest BCUT2D eigenvalue weighted by Crippen LogP contribution is 2.30. The number of halogens is 1. The highest BCUT2D eigenvalue weighted by atomic mass is 35.5. The van der Waals surface area contributed by atoms with Crippen LogP contribution in [0.4, 0.5) is 0 Å². The smallest absolute Gasteiger partial charge is 0.0412 e. The van der Waals surface area contributed by atoms with Crippen molar-refractivity contribution < 1.29 is 0 Å². The monoisotopic (exact) mass is 305 g/mol. The van der Waals surface area contributed by atoms with Crippen molar-refractivity contribution in [2.24, 2.45) is 0 Å². The van der Waals surface area contributed by atoms with E-state index in [9.17, 15) is 0 Å². The van der Waals surface area contributed by atoms with Gasteiger partial charge >= 0.3 is 0 Å². The highest BCUT2D eigenvalue weighted by Gasteiger charge is 2.02. The first-order chi connectivity index (χ1) is 9.69. The molecule has 1 heterocycles. The Hall–Kier alpha value is -1.09. The van der Waals surface area contributed by atoms with Gasteiger partial charge < -0.3 is 5.32 Å². The van der Waals surface area contributed by atoms with E-state index in [1.54, 1.807) is 11.3 Å². The normalized spacial score (nSPS) is 12.9. The number of benzene rings is 1. The molecule has 0 saturated heterocycles. The van der Waals surface area contributed by atoms with Crippen molar-refractivity contribution in [2.45, 2.75) is 26.3 Å². The quantitative estimate of drug-likeness (QED) is 0.746. The maximum Gasteiger partial charge on any atom is 0.0412 e. The van der Waals surface area contributed by atoms with Gasteiger partial charge in [-0.2, -0.15) is 0 Å². The van der Waals surface area contributed by atoms with Crippen molar-refractivity contribution in [3.05, 3.63) is 52.4 Å². The second kappa shape index (κ2) is 7.63. The SMILES string of the molecule is CCCNC(C)/C=C/c1ccc(-c2cccc(Cl)c2)s1. The zero-order chi connectivity index (χ0) is 14.4. The largest absolute Gasteiger partial charge is 0.311 e. The number of nitrogens with one attached hydrogen (secondary N) is 1. The fourth-order valence-corrected chi connectivity index (χ4v) is 3.03. The lowest BCUT2D eigenvalue weighted by atomic mass is 10.2. The molecule has 1 unspecified atom stereocenters. The summed E-state index contributed by atoms with van der Waals surface area (Å²) in [7, 11) is 0. The van der Waals surface area contributed by atoms with E-state index in [2.05, 4.69) is 49.5 Å². The number of thiophene rings is 1. The number of hydrogen-bond donors (Lipinski definition) is 1. The summed E-state index contributed by atoms with van der Waals surface area (Å²) in [4.78, 5) is 2.52. The molecule has 0 aliphatic rings. The van der Waals surface area contributed by atoms with Crippen LogP contribution in [-0.2, 0) is 0 Å². The van der Waals surface area contributed by atoms with Crippen LogP contribution in [0.1, 0.15) is 25.1 Å². The summed E-state index contributed by atoms with van der Waals surface area (Å²) < 4.78 is 0. The molecule has 0 aliphatic heterocycles. The third-order valence-corrected chi connectivity index (χ3v) is 4.34. The van der Waals surface area contributed by atoms with Crippen LogP contribution >= 0.6 is 22.9 Å². The average Bonchev–Trinajstić information content (AvgIpc) is 2.92. The van der Waals surface area contributed by atoms with Gasteiger partial charge in [-0.05, 0) is 55.8 Å². The second-order valence-electron chi connectivity index (χ2n) is 4.81. The minimum Gasteiger partial charge on any atom is -0.311 e. The van der Waals surface area contributed by atoms with Crippen molar-refractivity contribution >= 4 is 29.0 Å². The summed E-state index contributed by atoms with van der Waals surface area (Å²) >= 11 is 7.82. The predicted molar refractivity (Wildman–Crippen MR) is 91.6 cm³/mol. The van der Waals surface area contributed by atoms with E-state index in [4.69, 9.17) is 11.6 Å². The van der Waals surface area contributed by atoms with E-state index in [0.29, 0.717) is 6.04 Å². The minimum absolute atomic E-state index is 0.409. The summed E-state index contributed by atoms with van der Waals surface area (Å²) in [5, 5.41) is 4.23. The van der Waals surface area contributed by atoms with E-state index in [0.717, 1.165) is 18.0 Å². The predicted octanol–water partition coefficient (Wildman–Crippen LogP) is 5.47. The Kier molecular flexibility index (Phi) is 5.84. The van der Waals surface area contributed by atoms with Gasteiger partial charge in [-0.3, -0.25) is 0 Å². The first-order valence-electron chi connectivity index (χ1n) is 6.96. The molecule has 0 spiro atoms. The van der Waals surface area contributed by atoms with Crippen molar-refractivity contribution in [3.63, 3.8) is 0 Å². The molecule has 1 N–H and O–H groups in total. The fourth-order valence-electron chi connectivity index (χ4n) is 1.92. The van der Waals surface area contributed by atoms with E-state index in [-0.39, 0.29) is 0 Å². The number of hydrogen-bond acceptors (Lipinski definition) is 2. The molecule has 1 aromatic carbocycles. The van der Waals surface area contributed by atoms with Crippen molar-refractivity contribution in [1.29, 1.82) is 0 Å². The van der Waals surface area contributed by atoms with Crippen LogP contribution in [0.2, 0.25) is 5.02 Å². The summed E-state index contributed by atoms with van der Waals surface area (Å²) in [6.45, 7) is 5.42. The Morgan fingerprint density at radius 1 is 1.30 bits per heavy atom. The van der Waals surface area contributed by atoms with Gasteiger partial charge in [0.1, 0.15) is 0 Å². The maximum atomic E-state index is 6.04. The van der Waals surface area contributed by atoms with E-state index in [1.165, 1.54) is 15.3 Å². The Morgan fingerprint density at radius 2 is 2.15 bits per heavy atom. The standard InChI is InChI=1S/C17H20ClNS/c1-3-11-19-13(2)7-8-16-9-10-17(20-16)14-5-4-6-15(18)12-14/h4-10,12-13,19H,3,11H2,1-2H3/b8-7+. The van der Waals surface area contributed by atoms with Crippen LogP contribution in [0, 0.1) is 0 Å². The molecular weight excluding hydrogens is 286 g/mol. The maximum absolute atomic E-state index is 6.04. The molecule has 20 heavy (non-hydrogen) atoms. The first-order valence-corrected chi connectivity index (χ1v) is 8.16. The molecule has 106 valence electrons. The summed E-state index contributed by atoms with van der Waals surface area (Å²) in [6, 6.07) is 12.7. The molecule has 0 fully saturated rings. The Morgan fingerprint density at radius 3 is 2.90 bits per heavy atom. The molecule has 2 rings (SSSR count). The van der Waals surface area contributed by atoms with Gasteiger partial charge in [0.05, 0.1) is 0 Å². The lowest BCUT2D eigenvalue weighted by Crippen LogP contribution is -2.24. The van der Waals surface area contributed by atoms with Crippen LogP contribution in [-0.4, -0.2) is 12.6 Å². The van der Waals surface area contributed by atoms with Crippen LogP contribution in [0.15, 0.2) is 42.5 Å². The summed E-state index contributed by atoms with van der Waals surface area (Å²) in [5.74, 6) is 0. The molecule has 1 aromatic heterocycles. The molecule has 0 radical (unpaired) electrons. The Labute approximate surface area is 130 Å². The van der Waals surface area contributed by atoms with E-state index in [1.807, 2.05) is 18.2 Å². The van der Waals surface area contributed by atoms with Crippen LogP contribution in [0.3, 0.4) is 0 Å². The highest BCUT2D eigenvalue weighted by molar-refractivity contribution is 7.16. The Balaban J connectivity index is 2.04. The second-order valence-corrected chi connectivity index (χ2v) is 6.37. The van der Waals surface area contributed by atoms with Gasteiger partial charge in [0.25, 0.3) is 0 Å². The van der Waals surface area contributed by atoms with Crippen molar-refractivity contribution in [2.75, 3.05) is 6.54 Å². The molecule has 0 aliphatic carbocycles.